The number of primary amides is 4. The van der Waals surface area contributed by atoms with Crippen LogP contribution in [0.2, 0.25) is 5.15 Å². The monoisotopic (exact) mass is 1830 g/mol. The van der Waals surface area contributed by atoms with Crippen molar-refractivity contribution in [3.63, 3.8) is 0 Å². The summed E-state index contributed by atoms with van der Waals surface area (Å²) in [6, 6.07) is 53.2. The number of halogens is 3. The number of nitrogens with one attached hydrogen (secondary N) is 5. The molecule has 16 rings (SSSR count). The molecule has 692 valence electrons. The van der Waals surface area contributed by atoms with Crippen LogP contribution in [0.4, 0.5) is 26.2 Å². The van der Waals surface area contributed by atoms with E-state index < -0.39 is 41.2 Å². The zero-order valence-corrected chi connectivity index (χ0v) is 75.5. The Labute approximate surface area is 772 Å². The molecule has 2 unspecified atom stereocenters. The van der Waals surface area contributed by atoms with Crippen LogP contribution in [0, 0.1) is 45.2 Å². The maximum atomic E-state index is 14.9. The molecule has 4 aliphatic rings. The highest BCUT2D eigenvalue weighted by atomic mass is 35.5. The molecule has 1 saturated heterocycles. The van der Waals surface area contributed by atoms with E-state index in [0.717, 1.165) is 108 Å². The fourth-order valence-electron chi connectivity index (χ4n) is 17.3. The SMILES string of the molecule is CONC(=O)C1CCC(n2nc(-c3ccc(CNC(=O)c4ccccc4C)cc3)c(C(N)=O)c2N)CC1.Cc1ccc(F)cc1C(=O)NCc1ccc(-c2nn(C3CCCC3)c(N)c2C(N)=O)cc1F.Cc1ccccc1C(=O)NCc1ccc(-c2nn(C3CCCC3)c(Cl)c2C(N)=O)cc1.Cc1ccccc1C(=O)NCc1ccc(-c2nn(C3CCOC3C)c(N)c2C(N)=O)cc1. The fraction of sp³-hybridized carbons (Fsp3) is 0.303. The summed E-state index contributed by atoms with van der Waals surface area (Å²) in [7, 11) is 1.41. The number of aryl methyl sites for hydroxylation is 4. The van der Waals surface area contributed by atoms with Gasteiger partial charge in [0, 0.05) is 88.8 Å². The standard InChI is InChI=1S/C27H32N6O4.C24H25ClN4O2.C24H25F2N5O2.C24H27N5O3/c1-16-5-3-4-6-21(16)27(36)30-15-17-7-9-18(10-8-17)23-22(25(29)34)24(28)33(31-23)20-13-11-19(12-14-20)26(35)32-37-2;1-15-6-2-5-9-19(15)24(31)27-14-16-10-12-17(13-11-16)21-20(23(26)30)22(25)29(28-21)18-7-3-4-8-18;1-13-6-9-16(25)11-18(13)24(33)29-12-15-8-7-14(10-19(15)26)21-20(23(28)32)22(27)31(30-21)17-4-2-3-5-17;1-14-5-3-4-6-18(14)24(31)27-13-16-7-9-17(10-8-16)21-20(23(26)30)22(25)29(28-21)19-11-12-32-15(19)2/h3-10,19-20H,11-15,28H2,1-2H3,(H2,29,34)(H,30,36)(H,32,35);2,5-6,9-13,18H,3-4,7-8,14H2,1H3,(H2,26,30)(H,27,31);6-11,17H,2-5,12,27H2,1H3,(H2,28,32)(H,29,33);3-10,15,19H,11-13,25H2,1-2H3,(H2,26,30)(H,27,31). The van der Waals surface area contributed by atoms with Gasteiger partial charge in [0.05, 0.1) is 37.4 Å². The summed E-state index contributed by atoms with van der Waals surface area (Å²) in [5.74, 6) is -4.19. The lowest BCUT2D eigenvalue weighted by Gasteiger charge is -2.28. The van der Waals surface area contributed by atoms with Gasteiger partial charge in [-0.2, -0.15) is 20.4 Å². The van der Waals surface area contributed by atoms with Crippen molar-refractivity contribution in [2.24, 2.45) is 28.9 Å². The Morgan fingerprint density at radius 1 is 0.414 bits per heavy atom. The molecule has 133 heavy (non-hydrogen) atoms. The van der Waals surface area contributed by atoms with Gasteiger partial charge in [-0.05, 0) is 168 Å². The Morgan fingerprint density at radius 2 is 0.767 bits per heavy atom. The number of nitrogens with zero attached hydrogens (tertiary/aromatic N) is 8. The quantitative estimate of drug-likeness (QED) is 0.0224. The number of nitrogen functional groups attached to an aromatic ring is 3. The predicted octanol–water partition coefficient (Wildman–Crippen LogP) is 14.2. The number of ether oxygens (including phenoxy) is 1. The number of carbonyl (C=O) groups excluding carboxylic acids is 9. The molecule has 0 spiro atoms. The summed E-state index contributed by atoms with van der Waals surface area (Å²) in [4.78, 5) is 115. The maximum absolute atomic E-state index is 14.9. The Bertz CT molecular complexity index is 6310. The molecule has 34 heteroatoms. The smallest absolute Gasteiger partial charge is 0.254 e. The number of hydrogen-bond acceptors (Lipinski definition) is 18. The number of nitrogens with two attached hydrogens (primary N) is 7. The number of hydrogen-bond donors (Lipinski definition) is 12. The Morgan fingerprint density at radius 3 is 1.17 bits per heavy atom. The minimum atomic E-state index is -0.728. The van der Waals surface area contributed by atoms with Gasteiger partial charge in [0.15, 0.2) is 0 Å². The average molecular weight is 1830 g/mol. The van der Waals surface area contributed by atoms with E-state index in [-0.39, 0.29) is 123 Å². The fourth-order valence-corrected chi connectivity index (χ4v) is 17.6. The molecule has 31 nitrogen and oxygen atoms in total. The molecule has 3 aliphatic carbocycles. The first-order chi connectivity index (χ1) is 63.9. The van der Waals surface area contributed by atoms with Crippen molar-refractivity contribution in [1.29, 1.82) is 0 Å². The Kier molecular flexibility index (Phi) is 31.3. The van der Waals surface area contributed by atoms with E-state index in [9.17, 15) is 51.9 Å². The number of anilines is 3. The van der Waals surface area contributed by atoms with E-state index in [0.29, 0.717) is 108 Å². The van der Waals surface area contributed by atoms with Crippen molar-refractivity contribution in [1.82, 2.24) is 65.9 Å². The van der Waals surface area contributed by atoms with Crippen LogP contribution >= 0.6 is 11.6 Å². The minimum absolute atomic E-state index is 0.0437. The van der Waals surface area contributed by atoms with E-state index in [1.54, 1.807) is 43.9 Å². The predicted molar refractivity (Wildman–Crippen MR) is 503 cm³/mol. The van der Waals surface area contributed by atoms with Gasteiger partial charge in [0.25, 0.3) is 47.3 Å². The van der Waals surface area contributed by atoms with Gasteiger partial charge in [-0.15, -0.1) is 0 Å². The number of rotatable bonds is 26. The number of amides is 9. The number of hydroxylamine groups is 1. The summed E-state index contributed by atoms with van der Waals surface area (Å²) in [5, 5.41) is 30.2. The molecular weight excluding hydrogens is 1720 g/mol. The molecular formula is C99H109ClF2N20O11. The van der Waals surface area contributed by atoms with Crippen LogP contribution in [0.15, 0.2) is 182 Å². The largest absolute Gasteiger partial charge is 0.383 e. The van der Waals surface area contributed by atoms with E-state index in [1.807, 2.05) is 161 Å². The molecule has 1 aliphatic heterocycles. The first kappa shape index (κ1) is 95.9. The van der Waals surface area contributed by atoms with E-state index in [1.165, 1.54) is 31.4 Å². The second kappa shape index (κ2) is 43.4. The summed E-state index contributed by atoms with van der Waals surface area (Å²) in [6.45, 7) is 11.0. The molecule has 5 heterocycles. The third kappa shape index (κ3) is 22.5. The summed E-state index contributed by atoms with van der Waals surface area (Å²) >= 11 is 6.49. The van der Waals surface area contributed by atoms with Crippen molar-refractivity contribution < 1.29 is 61.5 Å². The maximum Gasteiger partial charge on any atom is 0.254 e. The number of carbonyl (C=O) groups is 9. The third-order valence-electron chi connectivity index (χ3n) is 24.7. The second-order valence-corrected chi connectivity index (χ2v) is 34.0. The molecule has 0 bridgehead atoms. The average Bonchev–Trinajstić information content (AvgIpc) is 1.64. The van der Waals surface area contributed by atoms with E-state index in [4.69, 9.17) is 61.3 Å². The van der Waals surface area contributed by atoms with Gasteiger partial charge in [0.1, 0.15) is 79.3 Å². The van der Waals surface area contributed by atoms with Gasteiger partial charge in [0.2, 0.25) is 5.91 Å². The lowest BCUT2D eigenvalue weighted by molar-refractivity contribution is -0.136. The topological polar surface area (TPSA) is 486 Å². The molecule has 3 saturated carbocycles. The normalized spacial score (nSPS) is 15.8. The Hall–Kier alpha value is -14.7. The van der Waals surface area contributed by atoms with Crippen molar-refractivity contribution in [2.45, 2.75) is 175 Å². The molecule has 2 atom stereocenters. The van der Waals surface area contributed by atoms with Crippen LogP contribution < -0.4 is 66.9 Å². The summed E-state index contributed by atoms with van der Waals surface area (Å²) in [6.07, 6.45) is 11.6. The third-order valence-corrected chi connectivity index (χ3v) is 25.1. The summed E-state index contributed by atoms with van der Waals surface area (Å²) < 4.78 is 40.7. The van der Waals surface area contributed by atoms with Crippen LogP contribution in [0.3, 0.4) is 0 Å². The van der Waals surface area contributed by atoms with E-state index in [2.05, 4.69) is 47.1 Å². The second-order valence-electron chi connectivity index (χ2n) is 33.6. The molecule has 4 aromatic heterocycles. The highest BCUT2D eigenvalue weighted by molar-refractivity contribution is 6.33. The van der Waals surface area contributed by atoms with Crippen LogP contribution in [-0.4, -0.2) is 112 Å². The van der Waals surface area contributed by atoms with Crippen molar-refractivity contribution >= 4 is 82.2 Å². The van der Waals surface area contributed by atoms with Gasteiger partial charge in [-0.1, -0.05) is 183 Å². The van der Waals surface area contributed by atoms with Crippen molar-refractivity contribution in [3.05, 3.63) is 288 Å². The highest BCUT2D eigenvalue weighted by Crippen LogP contribution is 2.42. The van der Waals surface area contributed by atoms with Gasteiger partial charge in [-0.3, -0.25) is 48.0 Å². The molecule has 12 aromatic rings. The van der Waals surface area contributed by atoms with Crippen LogP contribution in [-0.2, 0) is 40.5 Å². The number of benzene rings is 8. The van der Waals surface area contributed by atoms with Crippen LogP contribution in [0.1, 0.15) is 242 Å². The molecule has 19 N–H and O–H groups in total. The van der Waals surface area contributed by atoms with Crippen LogP contribution in [0.25, 0.3) is 45.0 Å². The van der Waals surface area contributed by atoms with Gasteiger partial charge in [-0.25, -0.2) is 33.0 Å². The number of aromatic nitrogens is 8. The molecule has 4 fully saturated rings. The first-order valence-corrected chi connectivity index (χ1v) is 44.4. The lowest BCUT2D eigenvalue weighted by atomic mass is 9.85. The van der Waals surface area contributed by atoms with Crippen LogP contribution in [0.5, 0.6) is 0 Å². The first-order valence-electron chi connectivity index (χ1n) is 44.1. The molecule has 9 amide bonds. The van der Waals surface area contributed by atoms with Crippen molar-refractivity contribution in [2.75, 3.05) is 30.9 Å². The van der Waals surface area contributed by atoms with Gasteiger partial charge >= 0.3 is 0 Å². The zero-order valence-electron chi connectivity index (χ0n) is 74.8. The lowest BCUT2D eigenvalue weighted by Crippen LogP contribution is -2.33. The molecule has 0 radical (unpaired) electrons. The summed E-state index contributed by atoms with van der Waals surface area (Å²) in [5.41, 5.74) is 57.0. The zero-order chi connectivity index (χ0) is 95.0. The Balaban J connectivity index is 0.000000151. The van der Waals surface area contributed by atoms with Crippen molar-refractivity contribution in [3.8, 4) is 45.0 Å². The highest BCUT2D eigenvalue weighted by Gasteiger charge is 2.36. The van der Waals surface area contributed by atoms with E-state index >= 15 is 0 Å². The molecule has 8 aromatic carbocycles. The minimum Gasteiger partial charge on any atom is -0.383 e. The van der Waals surface area contributed by atoms with Gasteiger partial charge < -0.3 is 66.1 Å².